The lowest BCUT2D eigenvalue weighted by molar-refractivity contribution is 0.252. The summed E-state index contributed by atoms with van der Waals surface area (Å²) in [7, 11) is 0. The van der Waals surface area contributed by atoms with Gasteiger partial charge in [-0.2, -0.15) is 0 Å². The van der Waals surface area contributed by atoms with E-state index in [2.05, 4.69) is 15.6 Å². The van der Waals surface area contributed by atoms with Crippen molar-refractivity contribution in [3.05, 3.63) is 65.9 Å². The molecule has 2 amide bonds. The van der Waals surface area contributed by atoms with E-state index in [0.29, 0.717) is 13.0 Å². The molecule has 0 radical (unpaired) electrons. The van der Waals surface area contributed by atoms with E-state index in [1.807, 2.05) is 30.5 Å². The number of nitrogens with one attached hydrogen (secondary N) is 3. The molecule has 4 nitrogen and oxygen atoms in total. The number of H-pyrrole nitrogens is 1. The first-order valence-corrected chi connectivity index (χ1v) is 7.18. The van der Waals surface area contributed by atoms with E-state index in [1.165, 1.54) is 0 Å². The van der Waals surface area contributed by atoms with Crippen molar-refractivity contribution in [2.45, 2.75) is 6.42 Å². The fraction of sp³-hybridized carbons (Fsp3) is 0.118. The first-order chi connectivity index (χ1) is 11.1. The smallest absolute Gasteiger partial charge is 0.319 e. The standard InChI is InChI=1S/C17H15F2N3O/c18-12-5-6-14(19)16(9-12)22-17(23)20-8-7-11-10-21-15-4-2-1-3-13(11)15/h1-6,9-10,21H,7-8H2,(H2,20,22,23). The van der Waals surface area contributed by atoms with Crippen LogP contribution in [0.15, 0.2) is 48.7 Å². The normalized spacial score (nSPS) is 10.7. The highest BCUT2D eigenvalue weighted by atomic mass is 19.1. The minimum atomic E-state index is -0.682. The number of benzene rings is 2. The zero-order valence-electron chi connectivity index (χ0n) is 12.2. The lowest BCUT2D eigenvalue weighted by Gasteiger charge is -2.08. The van der Waals surface area contributed by atoms with Gasteiger partial charge in [-0.25, -0.2) is 13.6 Å². The summed E-state index contributed by atoms with van der Waals surface area (Å²) in [4.78, 5) is 14.9. The van der Waals surface area contributed by atoms with Gasteiger partial charge in [-0.3, -0.25) is 0 Å². The van der Waals surface area contributed by atoms with Crippen LogP contribution < -0.4 is 10.6 Å². The number of halogens is 2. The number of hydrogen-bond acceptors (Lipinski definition) is 1. The molecule has 2 aromatic carbocycles. The van der Waals surface area contributed by atoms with Crippen molar-refractivity contribution in [1.29, 1.82) is 0 Å². The van der Waals surface area contributed by atoms with Gasteiger partial charge in [0.25, 0.3) is 0 Å². The molecule has 1 aromatic heterocycles. The number of para-hydroxylation sites is 1. The van der Waals surface area contributed by atoms with Crippen LogP contribution in [0.1, 0.15) is 5.56 Å². The maximum atomic E-state index is 13.4. The number of carbonyl (C=O) groups excluding carboxylic acids is 1. The van der Waals surface area contributed by atoms with Gasteiger partial charge in [-0.15, -0.1) is 0 Å². The topological polar surface area (TPSA) is 56.9 Å². The largest absolute Gasteiger partial charge is 0.361 e. The first kappa shape index (κ1) is 15.0. The highest BCUT2D eigenvalue weighted by Gasteiger charge is 2.08. The van der Waals surface area contributed by atoms with Crippen molar-refractivity contribution >= 4 is 22.6 Å². The molecule has 3 rings (SSSR count). The Morgan fingerprint density at radius 1 is 1.13 bits per heavy atom. The molecule has 0 atom stereocenters. The van der Waals surface area contributed by atoms with E-state index in [4.69, 9.17) is 0 Å². The molecule has 0 saturated heterocycles. The van der Waals surface area contributed by atoms with Crippen molar-refractivity contribution in [3.8, 4) is 0 Å². The zero-order valence-corrected chi connectivity index (χ0v) is 12.2. The maximum Gasteiger partial charge on any atom is 0.319 e. The van der Waals surface area contributed by atoms with Crippen molar-refractivity contribution in [2.24, 2.45) is 0 Å². The van der Waals surface area contributed by atoms with Crippen LogP contribution in [0.25, 0.3) is 10.9 Å². The molecule has 0 aliphatic rings. The second-order valence-electron chi connectivity index (χ2n) is 5.11. The van der Waals surface area contributed by atoms with Crippen molar-refractivity contribution in [2.75, 3.05) is 11.9 Å². The summed E-state index contributed by atoms with van der Waals surface area (Å²) < 4.78 is 26.5. The summed E-state index contributed by atoms with van der Waals surface area (Å²) in [6, 6.07) is 10.2. The Kier molecular flexibility index (Phi) is 4.23. The third kappa shape index (κ3) is 3.48. The SMILES string of the molecule is O=C(NCCc1c[nH]c2ccccc12)Nc1cc(F)ccc1F. The minimum absolute atomic E-state index is 0.186. The van der Waals surface area contributed by atoms with Gasteiger partial charge in [-0.1, -0.05) is 18.2 Å². The minimum Gasteiger partial charge on any atom is -0.361 e. The van der Waals surface area contributed by atoms with Gasteiger partial charge in [0, 0.05) is 29.7 Å². The molecule has 0 bridgehead atoms. The Hall–Kier alpha value is -2.89. The molecule has 0 aliphatic heterocycles. The molecule has 0 spiro atoms. The van der Waals surface area contributed by atoms with Crippen LogP contribution in [0.3, 0.4) is 0 Å². The van der Waals surface area contributed by atoms with Crippen molar-refractivity contribution in [1.82, 2.24) is 10.3 Å². The first-order valence-electron chi connectivity index (χ1n) is 7.18. The average molecular weight is 315 g/mol. The van der Waals surface area contributed by atoms with E-state index in [9.17, 15) is 13.6 Å². The van der Waals surface area contributed by atoms with E-state index in [0.717, 1.165) is 34.7 Å². The number of fused-ring (bicyclic) bond motifs is 1. The molecule has 23 heavy (non-hydrogen) atoms. The summed E-state index contributed by atoms with van der Waals surface area (Å²) in [6.45, 7) is 0.380. The molecule has 0 saturated carbocycles. The van der Waals surface area contributed by atoms with Crippen LogP contribution in [-0.4, -0.2) is 17.6 Å². The van der Waals surface area contributed by atoms with Crippen molar-refractivity contribution < 1.29 is 13.6 Å². The fourth-order valence-electron chi connectivity index (χ4n) is 2.41. The molecular weight excluding hydrogens is 300 g/mol. The van der Waals surface area contributed by atoms with Gasteiger partial charge >= 0.3 is 6.03 Å². The molecule has 0 aliphatic carbocycles. The predicted octanol–water partition coefficient (Wildman–Crippen LogP) is 3.81. The molecule has 3 aromatic rings. The number of carbonyl (C=O) groups is 1. The summed E-state index contributed by atoms with van der Waals surface area (Å²) in [5.41, 5.74) is 1.93. The number of aromatic nitrogens is 1. The number of anilines is 1. The quantitative estimate of drug-likeness (QED) is 0.674. The number of hydrogen-bond donors (Lipinski definition) is 3. The Morgan fingerprint density at radius 3 is 2.83 bits per heavy atom. The van der Waals surface area contributed by atoms with Gasteiger partial charge < -0.3 is 15.6 Å². The Bertz CT molecular complexity index is 845. The van der Waals surface area contributed by atoms with Gasteiger partial charge in [0.15, 0.2) is 0 Å². The van der Waals surface area contributed by atoms with Gasteiger partial charge in [0.05, 0.1) is 5.69 Å². The lowest BCUT2D eigenvalue weighted by atomic mass is 10.1. The van der Waals surface area contributed by atoms with E-state index < -0.39 is 17.7 Å². The number of amides is 2. The summed E-state index contributed by atoms with van der Waals surface area (Å²) in [5, 5.41) is 6.03. The second-order valence-corrected chi connectivity index (χ2v) is 5.11. The molecule has 1 heterocycles. The van der Waals surface area contributed by atoms with Crippen LogP contribution in [0.5, 0.6) is 0 Å². The van der Waals surface area contributed by atoms with Crippen LogP contribution in [-0.2, 0) is 6.42 Å². The predicted molar refractivity (Wildman–Crippen MR) is 85.4 cm³/mol. The third-order valence-corrected chi connectivity index (χ3v) is 3.53. The summed E-state index contributed by atoms with van der Waals surface area (Å²) >= 11 is 0. The molecule has 118 valence electrons. The third-order valence-electron chi connectivity index (χ3n) is 3.53. The highest BCUT2D eigenvalue weighted by molar-refractivity contribution is 5.89. The maximum absolute atomic E-state index is 13.4. The number of urea groups is 1. The fourth-order valence-corrected chi connectivity index (χ4v) is 2.41. The number of rotatable bonds is 4. The van der Waals surface area contributed by atoms with Crippen molar-refractivity contribution in [3.63, 3.8) is 0 Å². The zero-order chi connectivity index (χ0) is 16.2. The van der Waals surface area contributed by atoms with E-state index >= 15 is 0 Å². The summed E-state index contributed by atoms with van der Waals surface area (Å²) in [5.74, 6) is -1.29. The van der Waals surface area contributed by atoms with Gasteiger partial charge in [0.1, 0.15) is 11.6 Å². The molecule has 0 unspecified atom stereocenters. The average Bonchev–Trinajstić information content (AvgIpc) is 2.94. The van der Waals surface area contributed by atoms with Crippen LogP contribution >= 0.6 is 0 Å². The number of aromatic amines is 1. The summed E-state index contributed by atoms with van der Waals surface area (Å²) in [6.07, 6.45) is 2.53. The van der Waals surface area contributed by atoms with Crippen LogP contribution in [0, 0.1) is 11.6 Å². The lowest BCUT2D eigenvalue weighted by Crippen LogP contribution is -2.30. The molecular formula is C17H15F2N3O. The van der Waals surface area contributed by atoms with E-state index in [-0.39, 0.29) is 5.69 Å². The highest BCUT2D eigenvalue weighted by Crippen LogP contribution is 2.18. The van der Waals surface area contributed by atoms with Gasteiger partial charge in [-0.05, 0) is 30.2 Å². The van der Waals surface area contributed by atoms with E-state index in [1.54, 1.807) is 0 Å². The Balaban J connectivity index is 1.56. The molecule has 6 heteroatoms. The molecule has 3 N–H and O–H groups in total. The monoisotopic (exact) mass is 315 g/mol. The van der Waals surface area contributed by atoms with Crippen LogP contribution in [0.4, 0.5) is 19.3 Å². The van der Waals surface area contributed by atoms with Crippen LogP contribution in [0.2, 0.25) is 0 Å². The Morgan fingerprint density at radius 2 is 1.96 bits per heavy atom. The second kappa shape index (κ2) is 6.48. The van der Waals surface area contributed by atoms with Gasteiger partial charge in [0.2, 0.25) is 0 Å². The Labute approximate surface area is 131 Å². The molecule has 0 fully saturated rings.